The van der Waals surface area contributed by atoms with Crippen LogP contribution in [0.5, 0.6) is 0 Å². The minimum absolute atomic E-state index is 0.00714. The molecule has 0 bridgehead atoms. The maximum atomic E-state index is 13.8. The van der Waals surface area contributed by atoms with Crippen molar-refractivity contribution in [2.75, 3.05) is 6.54 Å². The first kappa shape index (κ1) is 16.1. The molecule has 0 radical (unpaired) electrons. The molecule has 1 aromatic rings. The summed E-state index contributed by atoms with van der Waals surface area (Å²) >= 11 is 0. The van der Waals surface area contributed by atoms with Crippen molar-refractivity contribution in [2.24, 2.45) is 0 Å². The van der Waals surface area contributed by atoms with Crippen LogP contribution in [-0.2, 0) is 4.79 Å². The highest BCUT2D eigenvalue weighted by atomic mass is 19.1. The topological polar surface area (TPSA) is 57.6 Å². The average Bonchev–Trinajstić information content (AvgIpc) is 2.36. The van der Waals surface area contributed by atoms with Gasteiger partial charge in [0.1, 0.15) is 5.82 Å². The normalized spacial score (nSPS) is 10.7. The van der Waals surface area contributed by atoms with Gasteiger partial charge in [0, 0.05) is 19.0 Å². The van der Waals surface area contributed by atoms with Gasteiger partial charge in [-0.3, -0.25) is 9.59 Å². The summed E-state index contributed by atoms with van der Waals surface area (Å²) in [5, 5.41) is 8.64. The van der Waals surface area contributed by atoms with Gasteiger partial charge >= 0.3 is 5.97 Å². The predicted octanol–water partition coefficient (Wildman–Crippen LogP) is 2.85. The number of rotatable bonds is 6. The lowest BCUT2D eigenvalue weighted by atomic mass is 10.1. The van der Waals surface area contributed by atoms with Gasteiger partial charge in [0.2, 0.25) is 0 Å². The maximum absolute atomic E-state index is 13.8. The van der Waals surface area contributed by atoms with Crippen molar-refractivity contribution < 1.29 is 19.1 Å². The smallest absolute Gasteiger partial charge is 0.303 e. The summed E-state index contributed by atoms with van der Waals surface area (Å²) in [4.78, 5) is 24.4. The van der Waals surface area contributed by atoms with E-state index >= 15 is 0 Å². The zero-order chi connectivity index (χ0) is 15.3. The van der Waals surface area contributed by atoms with Gasteiger partial charge in [-0.2, -0.15) is 0 Å². The molecule has 0 fully saturated rings. The zero-order valence-corrected chi connectivity index (χ0v) is 12.0. The molecule has 110 valence electrons. The van der Waals surface area contributed by atoms with Crippen LogP contribution in [0.15, 0.2) is 18.2 Å². The number of carbonyl (C=O) groups is 2. The van der Waals surface area contributed by atoms with E-state index in [-0.39, 0.29) is 18.0 Å². The third-order valence-corrected chi connectivity index (χ3v) is 3.03. The van der Waals surface area contributed by atoms with Gasteiger partial charge in [-0.05, 0) is 39.3 Å². The second-order valence-corrected chi connectivity index (χ2v) is 5.07. The van der Waals surface area contributed by atoms with E-state index in [4.69, 9.17) is 5.11 Å². The van der Waals surface area contributed by atoms with E-state index in [2.05, 4.69) is 0 Å². The van der Waals surface area contributed by atoms with Crippen LogP contribution in [0.1, 0.15) is 42.6 Å². The van der Waals surface area contributed by atoms with E-state index in [1.54, 1.807) is 13.0 Å². The Morgan fingerprint density at radius 2 is 2.00 bits per heavy atom. The second-order valence-electron chi connectivity index (χ2n) is 5.07. The summed E-state index contributed by atoms with van der Waals surface area (Å²) in [6, 6.07) is 4.29. The van der Waals surface area contributed by atoms with Crippen LogP contribution >= 0.6 is 0 Å². The number of amides is 1. The monoisotopic (exact) mass is 281 g/mol. The van der Waals surface area contributed by atoms with E-state index in [1.165, 1.54) is 17.0 Å². The van der Waals surface area contributed by atoms with Crippen LogP contribution in [-0.4, -0.2) is 34.5 Å². The zero-order valence-electron chi connectivity index (χ0n) is 12.0. The lowest BCUT2D eigenvalue weighted by Crippen LogP contribution is -2.38. The highest BCUT2D eigenvalue weighted by Gasteiger charge is 2.21. The fourth-order valence-corrected chi connectivity index (χ4v) is 1.95. The molecule has 1 aromatic carbocycles. The van der Waals surface area contributed by atoms with Gasteiger partial charge in [0.05, 0.1) is 5.56 Å². The van der Waals surface area contributed by atoms with Gasteiger partial charge < -0.3 is 10.0 Å². The third kappa shape index (κ3) is 4.33. The van der Waals surface area contributed by atoms with Gasteiger partial charge in [-0.1, -0.05) is 11.6 Å². The molecule has 1 rings (SSSR count). The molecule has 0 aromatic heterocycles. The number of nitrogens with zero attached hydrogens (tertiary/aromatic N) is 1. The molecule has 4 nitrogen and oxygen atoms in total. The molecule has 0 atom stereocenters. The molecule has 20 heavy (non-hydrogen) atoms. The first-order chi connectivity index (χ1) is 9.32. The van der Waals surface area contributed by atoms with Gasteiger partial charge in [0.25, 0.3) is 5.91 Å². The fourth-order valence-electron chi connectivity index (χ4n) is 1.95. The van der Waals surface area contributed by atoms with Crippen LogP contribution in [0, 0.1) is 12.7 Å². The van der Waals surface area contributed by atoms with E-state index < -0.39 is 17.7 Å². The van der Waals surface area contributed by atoms with Crippen LogP contribution in [0.4, 0.5) is 4.39 Å². The molecule has 0 saturated heterocycles. The summed E-state index contributed by atoms with van der Waals surface area (Å²) < 4.78 is 13.8. The number of carbonyl (C=O) groups excluding carboxylic acids is 1. The van der Waals surface area contributed by atoms with E-state index in [1.807, 2.05) is 13.8 Å². The van der Waals surface area contributed by atoms with Crippen LogP contribution < -0.4 is 0 Å². The first-order valence-electron chi connectivity index (χ1n) is 6.62. The number of hydrogen-bond acceptors (Lipinski definition) is 2. The van der Waals surface area contributed by atoms with E-state index in [9.17, 15) is 14.0 Å². The summed E-state index contributed by atoms with van der Waals surface area (Å²) in [7, 11) is 0. The maximum Gasteiger partial charge on any atom is 0.303 e. The molecule has 0 aliphatic carbocycles. The molecule has 0 aliphatic heterocycles. The first-order valence-corrected chi connectivity index (χ1v) is 6.62. The summed E-state index contributed by atoms with van der Waals surface area (Å²) in [6.07, 6.45) is 0.347. The van der Waals surface area contributed by atoms with Crippen LogP contribution in [0.3, 0.4) is 0 Å². The fraction of sp³-hybridized carbons (Fsp3) is 0.467. The van der Waals surface area contributed by atoms with Crippen molar-refractivity contribution in [1.82, 2.24) is 4.90 Å². The summed E-state index contributed by atoms with van der Waals surface area (Å²) in [5.74, 6) is -1.85. The molecule has 0 saturated carbocycles. The largest absolute Gasteiger partial charge is 0.481 e. The number of aliphatic carboxylic acids is 1. The van der Waals surface area contributed by atoms with Crippen molar-refractivity contribution in [3.8, 4) is 0 Å². The average molecular weight is 281 g/mol. The van der Waals surface area contributed by atoms with Gasteiger partial charge in [-0.15, -0.1) is 0 Å². The number of benzene rings is 1. The van der Waals surface area contributed by atoms with Crippen molar-refractivity contribution in [1.29, 1.82) is 0 Å². The summed E-state index contributed by atoms with van der Waals surface area (Å²) in [6.45, 7) is 5.75. The Bertz CT molecular complexity index is 500. The molecule has 0 aliphatic rings. The quantitative estimate of drug-likeness (QED) is 0.872. The van der Waals surface area contributed by atoms with Crippen molar-refractivity contribution in [3.63, 3.8) is 0 Å². The molecule has 1 N–H and O–H groups in total. The lowest BCUT2D eigenvalue weighted by Gasteiger charge is -2.27. The number of carboxylic acids is 1. The molecular weight excluding hydrogens is 261 g/mol. The summed E-state index contributed by atoms with van der Waals surface area (Å²) in [5.41, 5.74) is 0.845. The second kappa shape index (κ2) is 7.03. The Morgan fingerprint density at radius 1 is 1.35 bits per heavy atom. The number of hydrogen-bond donors (Lipinski definition) is 1. The van der Waals surface area contributed by atoms with Crippen molar-refractivity contribution >= 4 is 11.9 Å². The number of carboxylic acid groups (broad SMARTS) is 1. The van der Waals surface area contributed by atoms with E-state index in [0.29, 0.717) is 13.0 Å². The lowest BCUT2D eigenvalue weighted by molar-refractivity contribution is -0.137. The minimum Gasteiger partial charge on any atom is -0.481 e. The highest BCUT2D eigenvalue weighted by Crippen LogP contribution is 2.15. The van der Waals surface area contributed by atoms with Gasteiger partial charge in [-0.25, -0.2) is 4.39 Å². The Balaban J connectivity index is 2.88. The SMILES string of the molecule is Cc1ccc(F)c(C(=O)N(CCCC(=O)O)C(C)C)c1. The highest BCUT2D eigenvalue weighted by molar-refractivity contribution is 5.94. The molecule has 1 amide bonds. The Kier molecular flexibility index (Phi) is 5.67. The Morgan fingerprint density at radius 3 is 2.55 bits per heavy atom. The number of aryl methyl sites for hydroxylation is 1. The molecule has 0 unspecified atom stereocenters. The van der Waals surface area contributed by atoms with Crippen molar-refractivity contribution in [2.45, 2.75) is 39.7 Å². The van der Waals surface area contributed by atoms with Crippen molar-refractivity contribution in [3.05, 3.63) is 35.1 Å². The Labute approximate surface area is 118 Å². The van der Waals surface area contributed by atoms with Gasteiger partial charge in [0.15, 0.2) is 0 Å². The predicted molar refractivity (Wildman–Crippen MR) is 74.2 cm³/mol. The van der Waals surface area contributed by atoms with Crippen LogP contribution in [0.25, 0.3) is 0 Å². The Hall–Kier alpha value is -1.91. The van der Waals surface area contributed by atoms with Crippen LogP contribution in [0.2, 0.25) is 0 Å². The molecule has 0 heterocycles. The van der Waals surface area contributed by atoms with E-state index in [0.717, 1.165) is 5.56 Å². The minimum atomic E-state index is -0.900. The number of halogens is 1. The molecule has 5 heteroatoms. The molecular formula is C15H20FNO3. The third-order valence-electron chi connectivity index (χ3n) is 3.03. The standard InChI is InChI=1S/C15H20FNO3/c1-10(2)17(8-4-5-14(18)19)15(20)12-9-11(3)6-7-13(12)16/h6-7,9-10H,4-5,8H2,1-3H3,(H,18,19). The molecule has 0 spiro atoms.